The third-order valence-corrected chi connectivity index (χ3v) is 7.22. The average Bonchev–Trinajstić information content (AvgIpc) is 3.29. The van der Waals surface area contributed by atoms with Gasteiger partial charge in [0.1, 0.15) is 4.83 Å². The molecule has 4 heterocycles. The number of likely N-dealkylation sites (tertiary alicyclic amines) is 1. The minimum atomic E-state index is 0.228. The van der Waals surface area contributed by atoms with Crippen molar-refractivity contribution in [1.82, 2.24) is 14.3 Å². The van der Waals surface area contributed by atoms with Gasteiger partial charge in [-0.15, -0.1) is 22.7 Å². The molecular formula is C17H19N3OS2. The summed E-state index contributed by atoms with van der Waals surface area (Å²) in [5.41, 5.74) is 1.08. The highest BCUT2D eigenvalue weighted by Gasteiger charge is 2.36. The Hall–Kier alpha value is -1.40. The van der Waals surface area contributed by atoms with Crippen molar-refractivity contribution in [3.63, 3.8) is 0 Å². The van der Waals surface area contributed by atoms with E-state index in [2.05, 4.69) is 14.3 Å². The van der Waals surface area contributed by atoms with Crippen molar-refractivity contribution in [3.05, 3.63) is 22.5 Å². The summed E-state index contributed by atoms with van der Waals surface area (Å²) in [6, 6.07) is 2.52. The number of rotatable bonds is 2. The van der Waals surface area contributed by atoms with Crippen molar-refractivity contribution < 1.29 is 4.79 Å². The van der Waals surface area contributed by atoms with Crippen LogP contribution in [0.3, 0.4) is 0 Å². The first kappa shape index (κ1) is 14.0. The van der Waals surface area contributed by atoms with E-state index in [-0.39, 0.29) is 5.91 Å². The average molecular weight is 345 g/mol. The fraction of sp³-hybridized carbons (Fsp3) is 0.529. The lowest BCUT2D eigenvalue weighted by Gasteiger charge is -2.29. The van der Waals surface area contributed by atoms with Gasteiger partial charge in [0.25, 0.3) is 5.91 Å². The summed E-state index contributed by atoms with van der Waals surface area (Å²) in [5, 5.41) is 2.04. The second-order valence-corrected chi connectivity index (χ2v) is 8.62. The van der Waals surface area contributed by atoms with Crippen LogP contribution in [0.5, 0.6) is 0 Å². The Balaban J connectivity index is 1.47. The molecule has 0 radical (unpaired) electrons. The number of aromatic nitrogens is 2. The first-order valence-electron chi connectivity index (χ1n) is 8.47. The second-order valence-electron chi connectivity index (χ2n) is 6.72. The van der Waals surface area contributed by atoms with E-state index < -0.39 is 0 Å². The first-order valence-corrected chi connectivity index (χ1v) is 10.2. The molecule has 120 valence electrons. The standard InChI is InChI=1S/C17H19N3OS2/c21-16(19-7-3-6-12(19)11-4-1-2-5-11)14-10-13-15(23-14)18-17-20(13)8-9-22-17/h8-12H,1-7H2/t12-/m1/s1. The fourth-order valence-corrected chi connectivity index (χ4v) is 6.13. The summed E-state index contributed by atoms with van der Waals surface area (Å²) in [5.74, 6) is 0.960. The highest BCUT2D eigenvalue weighted by molar-refractivity contribution is 7.21. The van der Waals surface area contributed by atoms with E-state index in [1.807, 2.05) is 17.6 Å². The van der Waals surface area contributed by atoms with E-state index in [0.29, 0.717) is 6.04 Å². The normalized spacial score (nSPS) is 22.8. The number of amides is 1. The molecule has 6 heteroatoms. The van der Waals surface area contributed by atoms with Gasteiger partial charge in [0.15, 0.2) is 4.96 Å². The maximum atomic E-state index is 13.1. The summed E-state index contributed by atoms with van der Waals surface area (Å²) in [7, 11) is 0. The molecule has 0 aromatic carbocycles. The molecule has 2 aliphatic rings. The fourth-order valence-electron chi connectivity index (χ4n) is 4.37. The number of thiophene rings is 1. The van der Waals surface area contributed by atoms with Crippen LogP contribution in [0.1, 0.15) is 48.2 Å². The number of carbonyl (C=O) groups excluding carboxylic acids is 1. The van der Waals surface area contributed by atoms with E-state index in [9.17, 15) is 4.79 Å². The van der Waals surface area contributed by atoms with Crippen molar-refractivity contribution >= 4 is 43.9 Å². The lowest BCUT2D eigenvalue weighted by atomic mass is 9.96. The van der Waals surface area contributed by atoms with Crippen LogP contribution in [-0.4, -0.2) is 32.8 Å². The van der Waals surface area contributed by atoms with Crippen LogP contribution in [0, 0.1) is 5.92 Å². The molecule has 3 aromatic rings. The summed E-state index contributed by atoms with van der Waals surface area (Å²) in [4.78, 5) is 22.7. The maximum Gasteiger partial charge on any atom is 0.264 e. The lowest BCUT2D eigenvalue weighted by molar-refractivity contribution is 0.0694. The maximum absolute atomic E-state index is 13.1. The van der Waals surface area contributed by atoms with Crippen LogP contribution >= 0.6 is 22.7 Å². The van der Waals surface area contributed by atoms with Crippen LogP contribution in [-0.2, 0) is 0 Å². The number of imidazole rings is 1. The molecule has 1 atom stereocenters. The number of carbonyl (C=O) groups is 1. The van der Waals surface area contributed by atoms with Gasteiger partial charge in [-0.25, -0.2) is 4.98 Å². The molecule has 0 unspecified atom stereocenters. The number of hydrogen-bond donors (Lipinski definition) is 0. The van der Waals surface area contributed by atoms with Crippen LogP contribution in [0.25, 0.3) is 15.3 Å². The lowest BCUT2D eigenvalue weighted by Crippen LogP contribution is -2.39. The van der Waals surface area contributed by atoms with Gasteiger partial charge < -0.3 is 4.90 Å². The molecule has 3 aromatic heterocycles. The Bertz CT molecular complexity index is 871. The van der Waals surface area contributed by atoms with Crippen LogP contribution in [0.2, 0.25) is 0 Å². The van der Waals surface area contributed by atoms with Gasteiger partial charge in [-0.1, -0.05) is 12.8 Å². The molecule has 1 amide bonds. The number of hydrogen-bond acceptors (Lipinski definition) is 4. The molecule has 5 rings (SSSR count). The van der Waals surface area contributed by atoms with Gasteiger partial charge in [0.05, 0.1) is 10.4 Å². The minimum Gasteiger partial charge on any atom is -0.335 e. The number of thiazole rings is 1. The van der Waals surface area contributed by atoms with E-state index in [4.69, 9.17) is 0 Å². The molecule has 1 saturated heterocycles. The summed E-state index contributed by atoms with van der Waals surface area (Å²) >= 11 is 3.19. The zero-order valence-corrected chi connectivity index (χ0v) is 14.5. The monoisotopic (exact) mass is 345 g/mol. The van der Waals surface area contributed by atoms with Crippen LogP contribution in [0.15, 0.2) is 17.6 Å². The zero-order chi connectivity index (χ0) is 15.4. The molecule has 0 N–H and O–H groups in total. The summed E-state index contributed by atoms with van der Waals surface area (Å²) in [6.07, 6.45) is 9.67. The van der Waals surface area contributed by atoms with Crippen molar-refractivity contribution in [1.29, 1.82) is 0 Å². The quantitative estimate of drug-likeness (QED) is 0.690. The Labute approximate surface area is 142 Å². The SMILES string of the molecule is O=C(c1cc2c(nc3sccn32)s1)N1CCC[C@@H]1C1CCCC1. The minimum absolute atomic E-state index is 0.228. The van der Waals surface area contributed by atoms with Crippen LogP contribution in [0.4, 0.5) is 0 Å². The topological polar surface area (TPSA) is 37.6 Å². The van der Waals surface area contributed by atoms with Gasteiger partial charge >= 0.3 is 0 Å². The van der Waals surface area contributed by atoms with E-state index >= 15 is 0 Å². The van der Waals surface area contributed by atoms with E-state index in [1.165, 1.54) is 32.1 Å². The van der Waals surface area contributed by atoms with E-state index in [1.54, 1.807) is 22.7 Å². The van der Waals surface area contributed by atoms with Gasteiger partial charge in [-0.2, -0.15) is 0 Å². The smallest absolute Gasteiger partial charge is 0.264 e. The number of nitrogens with zero attached hydrogens (tertiary/aromatic N) is 3. The van der Waals surface area contributed by atoms with Crippen molar-refractivity contribution in [2.75, 3.05) is 6.54 Å². The Morgan fingerprint density at radius 2 is 2.09 bits per heavy atom. The van der Waals surface area contributed by atoms with Gasteiger partial charge in [0.2, 0.25) is 0 Å². The largest absolute Gasteiger partial charge is 0.335 e. The van der Waals surface area contributed by atoms with Crippen molar-refractivity contribution in [2.45, 2.75) is 44.6 Å². The molecule has 2 fully saturated rings. The second kappa shape index (κ2) is 5.31. The van der Waals surface area contributed by atoms with Crippen molar-refractivity contribution in [2.24, 2.45) is 5.92 Å². The number of fused-ring (bicyclic) bond motifs is 3. The summed E-state index contributed by atoms with van der Waals surface area (Å²) < 4.78 is 2.09. The molecule has 23 heavy (non-hydrogen) atoms. The third-order valence-electron chi connectivity index (χ3n) is 5.45. The third kappa shape index (κ3) is 2.15. The predicted molar refractivity (Wildman–Crippen MR) is 94.5 cm³/mol. The highest BCUT2D eigenvalue weighted by Crippen LogP contribution is 2.37. The Kier molecular flexibility index (Phi) is 3.23. The Morgan fingerprint density at radius 3 is 2.96 bits per heavy atom. The molecule has 1 saturated carbocycles. The predicted octanol–water partition coefficient (Wildman–Crippen LogP) is 4.41. The molecule has 1 aliphatic heterocycles. The van der Waals surface area contributed by atoms with E-state index in [0.717, 1.165) is 39.1 Å². The highest BCUT2D eigenvalue weighted by atomic mass is 32.1. The molecule has 4 nitrogen and oxygen atoms in total. The molecule has 0 spiro atoms. The molecule has 0 bridgehead atoms. The molecular weight excluding hydrogens is 326 g/mol. The van der Waals surface area contributed by atoms with Crippen molar-refractivity contribution in [3.8, 4) is 0 Å². The Morgan fingerprint density at radius 1 is 1.22 bits per heavy atom. The van der Waals surface area contributed by atoms with Gasteiger partial charge in [0, 0.05) is 24.2 Å². The summed E-state index contributed by atoms with van der Waals surface area (Å²) in [6.45, 7) is 0.927. The zero-order valence-electron chi connectivity index (χ0n) is 12.9. The molecule has 1 aliphatic carbocycles. The van der Waals surface area contributed by atoms with Gasteiger partial charge in [-0.3, -0.25) is 9.20 Å². The van der Waals surface area contributed by atoms with Crippen LogP contribution < -0.4 is 0 Å². The van der Waals surface area contributed by atoms with Gasteiger partial charge in [-0.05, 0) is 37.7 Å². The first-order chi connectivity index (χ1) is 11.3.